The van der Waals surface area contributed by atoms with E-state index in [0.29, 0.717) is 5.82 Å². The van der Waals surface area contributed by atoms with Gasteiger partial charge in [0.2, 0.25) is 10.0 Å². The van der Waals surface area contributed by atoms with Crippen molar-refractivity contribution in [2.24, 2.45) is 0 Å². The number of hydrogen-bond acceptors (Lipinski definition) is 4. The molecule has 0 fully saturated rings. The fraction of sp³-hybridized carbons (Fsp3) is 0.179. The lowest BCUT2D eigenvalue weighted by Gasteiger charge is -2.24. The molecule has 0 N–H and O–H groups in total. The summed E-state index contributed by atoms with van der Waals surface area (Å²) in [5, 5.41) is 0. The SMILES string of the molecule is CCN(c1cccc(C)c1)c1ccc(S(=O)(=O)N(Cc2ccccc2)Cc2ccccc2)cn1. The van der Waals surface area contributed by atoms with Crippen molar-refractivity contribution in [3.05, 3.63) is 120 Å². The zero-order valence-corrected chi connectivity index (χ0v) is 20.3. The lowest BCUT2D eigenvalue weighted by Crippen LogP contribution is -2.30. The first-order valence-electron chi connectivity index (χ1n) is 11.4. The summed E-state index contributed by atoms with van der Waals surface area (Å²) in [5.74, 6) is 0.713. The second-order valence-electron chi connectivity index (χ2n) is 8.18. The van der Waals surface area contributed by atoms with Crippen LogP contribution in [0, 0.1) is 6.92 Å². The molecule has 0 bridgehead atoms. The molecule has 0 unspecified atom stereocenters. The Bertz CT molecular complexity index is 1270. The van der Waals surface area contributed by atoms with Crippen LogP contribution in [0.3, 0.4) is 0 Å². The van der Waals surface area contributed by atoms with Crippen LogP contribution in [-0.4, -0.2) is 24.3 Å². The maximum Gasteiger partial charge on any atom is 0.245 e. The van der Waals surface area contributed by atoms with Gasteiger partial charge in [0.25, 0.3) is 0 Å². The Morgan fingerprint density at radius 3 is 1.88 bits per heavy atom. The Labute approximate surface area is 202 Å². The lowest BCUT2D eigenvalue weighted by molar-refractivity contribution is 0.401. The van der Waals surface area contributed by atoms with E-state index in [1.165, 1.54) is 10.5 Å². The van der Waals surface area contributed by atoms with Gasteiger partial charge < -0.3 is 4.90 Å². The average Bonchev–Trinajstić information content (AvgIpc) is 2.86. The monoisotopic (exact) mass is 471 g/mol. The molecule has 0 aliphatic heterocycles. The van der Waals surface area contributed by atoms with Crippen LogP contribution in [0.5, 0.6) is 0 Å². The Morgan fingerprint density at radius 1 is 0.765 bits per heavy atom. The molecular weight excluding hydrogens is 442 g/mol. The predicted molar refractivity (Wildman–Crippen MR) is 137 cm³/mol. The van der Waals surface area contributed by atoms with Crippen LogP contribution in [0.4, 0.5) is 11.5 Å². The molecule has 0 aliphatic rings. The molecule has 4 rings (SSSR count). The number of sulfonamides is 1. The minimum absolute atomic E-state index is 0.184. The van der Waals surface area contributed by atoms with Crippen molar-refractivity contribution in [1.29, 1.82) is 0 Å². The van der Waals surface area contributed by atoms with Crippen molar-refractivity contribution in [1.82, 2.24) is 9.29 Å². The molecule has 0 amide bonds. The van der Waals surface area contributed by atoms with Gasteiger partial charge in [-0.05, 0) is 54.8 Å². The Kier molecular flexibility index (Phi) is 7.40. The largest absolute Gasteiger partial charge is 0.327 e. The molecule has 5 nitrogen and oxygen atoms in total. The first-order valence-corrected chi connectivity index (χ1v) is 12.8. The van der Waals surface area contributed by atoms with Crippen LogP contribution in [0.2, 0.25) is 0 Å². The van der Waals surface area contributed by atoms with E-state index in [0.717, 1.165) is 28.9 Å². The van der Waals surface area contributed by atoms with Crippen LogP contribution in [0.15, 0.2) is 108 Å². The van der Waals surface area contributed by atoms with Crippen molar-refractivity contribution in [3.8, 4) is 0 Å². The zero-order chi connectivity index (χ0) is 24.0. The number of nitrogens with zero attached hydrogens (tertiary/aromatic N) is 3. The van der Waals surface area contributed by atoms with Crippen molar-refractivity contribution in [2.75, 3.05) is 11.4 Å². The highest BCUT2D eigenvalue weighted by Crippen LogP contribution is 2.26. The van der Waals surface area contributed by atoms with E-state index in [-0.39, 0.29) is 18.0 Å². The van der Waals surface area contributed by atoms with E-state index >= 15 is 0 Å². The van der Waals surface area contributed by atoms with Crippen molar-refractivity contribution in [2.45, 2.75) is 31.8 Å². The number of pyridine rings is 1. The molecule has 0 spiro atoms. The molecule has 0 saturated heterocycles. The third-order valence-corrected chi connectivity index (χ3v) is 7.44. The summed E-state index contributed by atoms with van der Waals surface area (Å²) in [7, 11) is -3.77. The number of hydrogen-bond donors (Lipinski definition) is 0. The smallest absolute Gasteiger partial charge is 0.245 e. The number of anilines is 2. The van der Waals surface area contributed by atoms with E-state index < -0.39 is 10.0 Å². The second kappa shape index (κ2) is 10.6. The summed E-state index contributed by atoms with van der Waals surface area (Å²) < 4.78 is 28.9. The van der Waals surface area contributed by atoms with Crippen LogP contribution in [0.25, 0.3) is 0 Å². The molecule has 1 aromatic heterocycles. The molecule has 4 aromatic rings. The quantitative estimate of drug-likeness (QED) is 0.303. The summed E-state index contributed by atoms with van der Waals surface area (Å²) >= 11 is 0. The summed E-state index contributed by atoms with van der Waals surface area (Å²) in [6.45, 7) is 5.38. The molecular formula is C28H29N3O2S. The minimum Gasteiger partial charge on any atom is -0.327 e. The molecule has 0 saturated carbocycles. The molecule has 0 radical (unpaired) electrons. The fourth-order valence-corrected chi connectivity index (χ4v) is 5.27. The number of aromatic nitrogens is 1. The highest BCUT2D eigenvalue weighted by atomic mass is 32.2. The van der Waals surface area contributed by atoms with Crippen molar-refractivity contribution >= 4 is 21.5 Å². The fourth-order valence-electron chi connectivity index (χ4n) is 3.91. The summed E-state index contributed by atoms with van der Waals surface area (Å²) in [5.41, 5.74) is 4.05. The van der Waals surface area contributed by atoms with E-state index in [2.05, 4.69) is 35.9 Å². The van der Waals surface area contributed by atoms with Gasteiger partial charge in [0.1, 0.15) is 10.7 Å². The predicted octanol–water partition coefficient (Wildman–Crippen LogP) is 5.94. The first kappa shape index (κ1) is 23.7. The Balaban J connectivity index is 1.64. The van der Waals surface area contributed by atoms with Crippen LogP contribution in [0.1, 0.15) is 23.6 Å². The van der Waals surface area contributed by atoms with Gasteiger partial charge in [-0.1, -0.05) is 72.8 Å². The average molecular weight is 472 g/mol. The summed E-state index contributed by atoms with van der Waals surface area (Å²) in [4.78, 5) is 6.79. The lowest BCUT2D eigenvalue weighted by atomic mass is 10.2. The topological polar surface area (TPSA) is 53.5 Å². The summed E-state index contributed by atoms with van der Waals surface area (Å²) in [6.07, 6.45) is 1.46. The first-order chi connectivity index (χ1) is 16.5. The van der Waals surface area contributed by atoms with Crippen LogP contribution < -0.4 is 4.90 Å². The van der Waals surface area contributed by atoms with Gasteiger partial charge in [-0.25, -0.2) is 13.4 Å². The summed E-state index contributed by atoms with van der Waals surface area (Å²) in [6, 6.07) is 30.9. The van der Waals surface area contributed by atoms with Crippen LogP contribution >= 0.6 is 0 Å². The highest BCUT2D eigenvalue weighted by molar-refractivity contribution is 7.89. The molecule has 0 aliphatic carbocycles. The van der Waals surface area contributed by atoms with Gasteiger partial charge >= 0.3 is 0 Å². The van der Waals surface area contributed by atoms with E-state index in [9.17, 15) is 8.42 Å². The zero-order valence-electron chi connectivity index (χ0n) is 19.5. The Morgan fingerprint density at radius 2 is 1.38 bits per heavy atom. The van der Waals surface area contributed by atoms with Gasteiger partial charge in [-0.2, -0.15) is 4.31 Å². The third kappa shape index (κ3) is 5.53. The number of rotatable bonds is 9. The molecule has 34 heavy (non-hydrogen) atoms. The van der Waals surface area contributed by atoms with E-state index in [4.69, 9.17) is 0 Å². The van der Waals surface area contributed by atoms with Gasteiger partial charge in [0.05, 0.1) is 0 Å². The molecule has 1 heterocycles. The second-order valence-corrected chi connectivity index (χ2v) is 10.1. The van der Waals surface area contributed by atoms with E-state index in [1.54, 1.807) is 12.1 Å². The van der Waals surface area contributed by atoms with Gasteiger partial charge in [0, 0.05) is 31.5 Å². The van der Waals surface area contributed by atoms with Crippen molar-refractivity contribution < 1.29 is 8.42 Å². The van der Waals surface area contributed by atoms with Gasteiger partial charge in [0.15, 0.2) is 0 Å². The minimum atomic E-state index is -3.77. The van der Waals surface area contributed by atoms with E-state index in [1.807, 2.05) is 72.8 Å². The van der Waals surface area contributed by atoms with Crippen LogP contribution in [-0.2, 0) is 23.1 Å². The molecule has 174 valence electrons. The molecule has 3 aromatic carbocycles. The van der Waals surface area contributed by atoms with Crippen molar-refractivity contribution in [3.63, 3.8) is 0 Å². The van der Waals surface area contributed by atoms with Gasteiger partial charge in [-0.15, -0.1) is 0 Å². The third-order valence-electron chi connectivity index (χ3n) is 5.67. The Hall–Kier alpha value is -3.48. The molecule has 0 atom stereocenters. The standard InChI is InChI=1S/C28H29N3O2S/c1-3-31(26-16-10-11-23(2)19-26)28-18-17-27(20-29-28)34(32,33)30(21-24-12-6-4-7-13-24)22-25-14-8-5-9-15-25/h4-20H,3,21-22H2,1-2H3. The van der Waals surface area contributed by atoms with Gasteiger partial charge in [-0.3, -0.25) is 0 Å². The maximum absolute atomic E-state index is 13.7. The number of benzene rings is 3. The maximum atomic E-state index is 13.7. The molecule has 6 heteroatoms. The normalized spacial score (nSPS) is 11.5. The number of aryl methyl sites for hydroxylation is 1. The highest BCUT2D eigenvalue weighted by Gasteiger charge is 2.26.